The van der Waals surface area contributed by atoms with Crippen molar-refractivity contribution in [2.75, 3.05) is 0 Å². The summed E-state index contributed by atoms with van der Waals surface area (Å²) in [5, 5.41) is 0. The van der Waals surface area contributed by atoms with E-state index in [0.717, 1.165) is 12.8 Å². The minimum atomic E-state index is 0.257. The van der Waals surface area contributed by atoms with Crippen LogP contribution in [0.1, 0.15) is 36.5 Å². The molecule has 0 spiro atoms. The van der Waals surface area contributed by atoms with Gasteiger partial charge in [0.2, 0.25) is 0 Å². The van der Waals surface area contributed by atoms with E-state index in [1.54, 1.807) is 0 Å². The first-order valence-corrected chi connectivity index (χ1v) is 5.51. The van der Waals surface area contributed by atoms with Gasteiger partial charge in [0.1, 0.15) is 0 Å². The Bertz CT molecular complexity index is 350. The van der Waals surface area contributed by atoms with Gasteiger partial charge in [-0.25, -0.2) is 0 Å². The highest BCUT2D eigenvalue weighted by atomic mass is 14.6. The van der Waals surface area contributed by atoms with Gasteiger partial charge in [-0.3, -0.25) is 0 Å². The maximum absolute atomic E-state index is 5.74. The normalized spacial score (nSPS) is 12.5. The molecular weight excluding hydrogens is 182 g/mol. The predicted molar refractivity (Wildman–Crippen MR) is 67.8 cm³/mol. The third kappa shape index (κ3) is 3.52. The van der Waals surface area contributed by atoms with Gasteiger partial charge < -0.3 is 5.73 Å². The summed E-state index contributed by atoms with van der Waals surface area (Å²) in [6.07, 6.45) is 1.99. The van der Waals surface area contributed by atoms with Crippen LogP contribution in [-0.4, -0.2) is 6.04 Å². The largest absolute Gasteiger partial charge is 0.328 e. The minimum absolute atomic E-state index is 0.257. The monoisotopic (exact) mass is 203 g/mol. The SMILES string of the molecule is C=C(CCC(C)N)c1ccc(C)cc1C. The molecule has 0 amide bonds. The first-order valence-electron chi connectivity index (χ1n) is 5.51. The van der Waals surface area contributed by atoms with E-state index in [4.69, 9.17) is 5.73 Å². The van der Waals surface area contributed by atoms with Crippen LogP contribution in [0.25, 0.3) is 5.57 Å². The lowest BCUT2D eigenvalue weighted by Gasteiger charge is -2.11. The number of rotatable bonds is 4. The van der Waals surface area contributed by atoms with E-state index in [-0.39, 0.29) is 6.04 Å². The molecule has 1 nitrogen and oxygen atoms in total. The van der Waals surface area contributed by atoms with E-state index in [9.17, 15) is 0 Å². The van der Waals surface area contributed by atoms with Crippen LogP contribution in [0.15, 0.2) is 24.8 Å². The Morgan fingerprint density at radius 3 is 2.60 bits per heavy atom. The molecule has 82 valence electrons. The second-order valence-corrected chi connectivity index (χ2v) is 4.44. The number of hydrogen-bond acceptors (Lipinski definition) is 1. The summed E-state index contributed by atoms with van der Waals surface area (Å²) in [6.45, 7) is 10.4. The summed E-state index contributed by atoms with van der Waals surface area (Å²) < 4.78 is 0. The Labute approximate surface area is 93.0 Å². The molecule has 2 N–H and O–H groups in total. The summed E-state index contributed by atoms with van der Waals surface area (Å²) in [5.41, 5.74) is 10.8. The van der Waals surface area contributed by atoms with E-state index >= 15 is 0 Å². The van der Waals surface area contributed by atoms with Crippen LogP contribution in [0.3, 0.4) is 0 Å². The molecular formula is C14H21N. The molecule has 0 aliphatic rings. The molecule has 0 aliphatic carbocycles. The molecule has 1 unspecified atom stereocenters. The zero-order chi connectivity index (χ0) is 11.4. The van der Waals surface area contributed by atoms with E-state index in [1.165, 1.54) is 22.3 Å². The van der Waals surface area contributed by atoms with Gasteiger partial charge in [0.05, 0.1) is 0 Å². The summed E-state index contributed by atoms with van der Waals surface area (Å²) in [5.74, 6) is 0. The number of aryl methyl sites for hydroxylation is 2. The van der Waals surface area contributed by atoms with Crippen molar-refractivity contribution in [2.24, 2.45) is 5.73 Å². The lowest BCUT2D eigenvalue weighted by atomic mass is 9.96. The first-order chi connectivity index (χ1) is 7.00. The third-order valence-corrected chi connectivity index (χ3v) is 2.66. The van der Waals surface area contributed by atoms with Gasteiger partial charge in [-0.2, -0.15) is 0 Å². The summed E-state index contributed by atoms with van der Waals surface area (Å²) >= 11 is 0. The third-order valence-electron chi connectivity index (χ3n) is 2.66. The topological polar surface area (TPSA) is 26.0 Å². The van der Waals surface area contributed by atoms with E-state index in [0.29, 0.717) is 0 Å². The van der Waals surface area contributed by atoms with Gasteiger partial charge in [0.25, 0.3) is 0 Å². The van der Waals surface area contributed by atoms with Crippen LogP contribution >= 0.6 is 0 Å². The van der Waals surface area contributed by atoms with Crippen LogP contribution < -0.4 is 5.73 Å². The van der Waals surface area contributed by atoms with Gasteiger partial charge >= 0.3 is 0 Å². The van der Waals surface area contributed by atoms with E-state index in [1.807, 2.05) is 6.92 Å². The van der Waals surface area contributed by atoms with Crippen molar-refractivity contribution >= 4 is 5.57 Å². The first kappa shape index (κ1) is 12.0. The molecule has 0 saturated heterocycles. The summed E-state index contributed by atoms with van der Waals surface area (Å²) in [6, 6.07) is 6.76. The van der Waals surface area contributed by atoms with Crippen LogP contribution in [0.4, 0.5) is 0 Å². The molecule has 0 saturated carbocycles. The highest BCUT2D eigenvalue weighted by Gasteiger charge is 2.04. The second kappa shape index (κ2) is 5.13. The standard InChI is InChI=1S/C14H21N/c1-10-5-8-14(12(3)9-10)11(2)6-7-13(4)15/h5,8-9,13H,2,6-7,15H2,1,3-4H3. The van der Waals surface area contributed by atoms with Crippen LogP contribution in [0.5, 0.6) is 0 Å². The lowest BCUT2D eigenvalue weighted by Crippen LogP contribution is -2.14. The molecule has 0 heterocycles. The van der Waals surface area contributed by atoms with Gasteiger partial charge in [-0.05, 0) is 50.3 Å². The fourth-order valence-corrected chi connectivity index (χ4v) is 1.75. The minimum Gasteiger partial charge on any atom is -0.328 e. The maximum atomic E-state index is 5.74. The molecule has 0 aromatic heterocycles. The molecule has 0 fully saturated rings. The molecule has 1 aromatic carbocycles. The lowest BCUT2D eigenvalue weighted by molar-refractivity contribution is 0.682. The molecule has 0 radical (unpaired) electrons. The van der Waals surface area contributed by atoms with Crippen molar-refractivity contribution in [1.29, 1.82) is 0 Å². The summed E-state index contributed by atoms with van der Waals surface area (Å²) in [4.78, 5) is 0. The number of hydrogen-bond donors (Lipinski definition) is 1. The van der Waals surface area contributed by atoms with Crippen LogP contribution in [-0.2, 0) is 0 Å². The molecule has 1 aromatic rings. The average molecular weight is 203 g/mol. The molecule has 0 aliphatic heterocycles. The van der Waals surface area contributed by atoms with Crippen molar-refractivity contribution in [1.82, 2.24) is 0 Å². The van der Waals surface area contributed by atoms with Crippen molar-refractivity contribution < 1.29 is 0 Å². The Balaban J connectivity index is 2.74. The summed E-state index contributed by atoms with van der Waals surface area (Å²) in [7, 11) is 0. The highest BCUT2D eigenvalue weighted by molar-refractivity contribution is 5.66. The Morgan fingerprint density at radius 2 is 2.07 bits per heavy atom. The number of nitrogens with two attached hydrogens (primary N) is 1. The Hall–Kier alpha value is -1.08. The quantitative estimate of drug-likeness (QED) is 0.797. The second-order valence-electron chi connectivity index (χ2n) is 4.44. The zero-order valence-corrected chi connectivity index (χ0v) is 10.0. The van der Waals surface area contributed by atoms with Crippen molar-refractivity contribution in [2.45, 2.75) is 39.7 Å². The van der Waals surface area contributed by atoms with E-state index < -0.39 is 0 Å². The molecule has 1 rings (SSSR count). The molecule has 1 heteroatoms. The molecule has 15 heavy (non-hydrogen) atoms. The predicted octanol–water partition coefficient (Wildman–Crippen LogP) is 3.44. The van der Waals surface area contributed by atoms with Crippen molar-refractivity contribution in [3.63, 3.8) is 0 Å². The Morgan fingerprint density at radius 1 is 1.40 bits per heavy atom. The molecule has 1 atom stereocenters. The van der Waals surface area contributed by atoms with Gasteiger partial charge in [0, 0.05) is 6.04 Å². The number of benzene rings is 1. The maximum Gasteiger partial charge on any atom is 0.00136 e. The van der Waals surface area contributed by atoms with Crippen molar-refractivity contribution in [3.05, 3.63) is 41.5 Å². The fraction of sp³-hybridized carbons (Fsp3) is 0.429. The zero-order valence-electron chi connectivity index (χ0n) is 10.0. The average Bonchev–Trinajstić information content (AvgIpc) is 2.14. The Kier molecular flexibility index (Phi) is 4.10. The van der Waals surface area contributed by atoms with Crippen molar-refractivity contribution in [3.8, 4) is 0 Å². The molecule has 0 bridgehead atoms. The van der Waals surface area contributed by atoms with Gasteiger partial charge in [-0.15, -0.1) is 0 Å². The van der Waals surface area contributed by atoms with Crippen LogP contribution in [0.2, 0.25) is 0 Å². The van der Waals surface area contributed by atoms with E-state index in [2.05, 4.69) is 38.6 Å². The fourth-order valence-electron chi connectivity index (χ4n) is 1.75. The smallest absolute Gasteiger partial charge is 0.00136 e. The van der Waals surface area contributed by atoms with Crippen LogP contribution in [0, 0.1) is 13.8 Å². The number of allylic oxidation sites excluding steroid dienone is 1. The van der Waals surface area contributed by atoms with Gasteiger partial charge in [-0.1, -0.05) is 30.3 Å². The van der Waals surface area contributed by atoms with Gasteiger partial charge in [0.15, 0.2) is 0 Å². The highest BCUT2D eigenvalue weighted by Crippen LogP contribution is 2.22.